The fourth-order valence-electron chi connectivity index (χ4n) is 5.53. The van der Waals surface area contributed by atoms with E-state index in [2.05, 4.69) is 16.4 Å². The normalized spacial score (nSPS) is 17.3. The first-order valence-electron chi connectivity index (χ1n) is 13.2. The zero-order chi connectivity index (χ0) is 27.7. The lowest BCUT2D eigenvalue weighted by Gasteiger charge is -2.35. The zero-order valence-electron chi connectivity index (χ0n) is 22.3. The van der Waals surface area contributed by atoms with Crippen molar-refractivity contribution in [3.05, 3.63) is 75.9 Å². The van der Waals surface area contributed by atoms with E-state index >= 15 is 0 Å². The number of aryl methyl sites for hydroxylation is 1. The first-order valence-corrected chi connectivity index (χ1v) is 14.1. The smallest absolute Gasteiger partial charge is 0.255 e. The van der Waals surface area contributed by atoms with Gasteiger partial charge in [-0.05, 0) is 54.5 Å². The number of fused-ring (bicyclic) bond motifs is 1. The molecule has 2 aromatic carbocycles. The Morgan fingerprint density at radius 1 is 1.21 bits per heavy atom. The average molecular weight is 542 g/mol. The highest BCUT2D eigenvalue weighted by Crippen LogP contribution is 2.31. The van der Waals surface area contributed by atoms with Crippen LogP contribution in [0.4, 0.5) is 0 Å². The highest BCUT2D eigenvalue weighted by atomic mass is 32.1. The molecule has 0 aliphatic carbocycles. The molecule has 1 N–H and O–H groups in total. The predicted molar refractivity (Wildman–Crippen MR) is 149 cm³/mol. The third-order valence-corrected chi connectivity index (χ3v) is 8.54. The number of rotatable bonds is 7. The molecule has 5 rings (SSSR count). The van der Waals surface area contributed by atoms with Crippen LogP contribution < -0.4 is 5.32 Å². The van der Waals surface area contributed by atoms with E-state index in [0.717, 1.165) is 33.7 Å². The van der Waals surface area contributed by atoms with E-state index in [4.69, 9.17) is 0 Å². The number of likely N-dealkylation sites (tertiary alicyclic amines) is 1. The number of benzene rings is 2. The molecule has 1 saturated heterocycles. The minimum Gasteiger partial charge on any atom is -0.350 e. The van der Waals surface area contributed by atoms with Gasteiger partial charge in [-0.1, -0.05) is 44.2 Å². The lowest BCUT2D eigenvalue weighted by atomic mass is 10.0. The van der Waals surface area contributed by atoms with Crippen LogP contribution in [0.3, 0.4) is 0 Å². The number of amides is 3. The molecule has 1 fully saturated rings. The molecule has 2 aliphatic rings. The van der Waals surface area contributed by atoms with Crippen molar-refractivity contribution in [3.63, 3.8) is 0 Å². The summed E-state index contributed by atoms with van der Waals surface area (Å²) in [6, 6.07) is 13.9. The third-order valence-electron chi connectivity index (χ3n) is 7.56. The number of nitriles is 1. The topological polar surface area (TPSA) is 106 Å². The predicted octanol–water partition coefficient (Wildman–Crippen LogP) is 4.28. The number of thiazole rings is 1. The quantitative estimate of drug-likeness (QED) is 0.481. The fourth-order valence-corrected chi connectivity index (χ4v) is 6.34. The van der Waals surface area contributed by atoms with Crippen molar-refractivity contribution < 1.29 is 14.4 Å². The molecule has 1 unspecified atom stereocenters. The van der Waals surface area contributed by atoms with Gasteiger partial charge in [0.25, 0.3) is 5.91 Å². The Morgan fingerprint density at radius 2 is 1.97 bits per heavy atom. The number of hydrogen-bond acceptors (Lipinski definition) is 6. The average Bonchev–Trinajstić information content (AvgIpc) is 3.67. The van der Waals surface area contributed by atoms with Crippen LogP contribution in [0.1, 0.15) is 59.4 Å². The van der Waals surface area contributed by atoms with Gasteiger partial charge in [0.15, 0.2) is 0 Å². The Balaban J connectivity index is 1.26. The maximum Gasteiger partial charge on any atom is 0.255 e. The second kappa shape index (κ2) is 11.0. The summed E-state index contributed by atoms with van der Waals surface area (Å²) in [5.41, 5.74) is 6.60. The second-order valence-corrected chi connectivity index (χ2v) is 11.3. The molecule has 3 amide bonds. The summed E-state index contributed by atoms with van der Waals surface area (Å²) >= 11 is 1.60. The molecule has 0 spiro atoms. The summed E-state index contributed by atoms with van der Waals surface area (Å²) in [6.45, 7) is 6.99. The molecule has 0 bridgehead atoms. The Kier molecular flexibility index (Phi) is 7.49. The molecule has 3 heterocycles. The van der Waals surface area contributed by atoms with Crippen LogP contribution in [0.25, 0.3) is 10.4 Å². The summed E-state index contributed by atoms with van der Waals surface area (Å²) in [5, 5.41) is 12.2. The van der Waals surface area contributed by atoms with Crippen LogP contribution in [0.15, 0.2) is 48.0 Å². The van der Waals surface area contributed by atoms with Gasteiger partial charge in [-0.2, -0.15) is 5.26 Å². The Bertz CT molecular complexity index is 1460. The summed E-state index contributed by atoms with van der Waals surface area (Å²) < 4.78 is 0. The van der Waals surface area contributed by atoms with Gasteiger partial charge in [0.1, 0.15) is 12.1 Å². The standard InChI is InChI=1S/C30H31N5O3S/c1-18(2)26(35-16-23-11-8-21(14-31)13-24(23)29(35)37)30(38)34-12-4-5-25(34)28(36)32-15-20-6-9-22(10-7-20)27-19(3)33-17-39-27/h6-11,13,17-18,25-26H,4-5,12,15-16H2,1-3H3,(H,32,36)/t25-,26?/m0/s1. The molecule has 2 atom stereocenters. The molecule has 8 nitrogen and oxygen atoms in total. The van der Waals surface area contributed by atoms with Crippen LogP contribution >= 0.6 is 11.3 Å². The minimum atomic E-state index is -0.688. The SMILES string of the molecule is Cc1ncsc1-c1ccc(CNC(=O)[C@@H]2CCCN2C(=O)C(C(C)C)N2Cc3ccc(C#N)cc3C2=O)cc1. The summed E-state index contributed by atoms with van der Waals surface area (Å²) in [6.07, 6.45) is 1.32. The molecular weight excluding hydrogens is 510 g/mol. The van der Waals surface area contributed by atoms with Crippen molar-refractivity contribution in [1.29, 1.82) is 5.26 Å². The van der Waals surface area contributed by atoms with Crippen molar-refractivity contribution in [2.24, 2.45) is 5.92 Å². The summed E-state index contributed by atoms with van der Waals surface area (Å²) in [5.74, 6) is -0.767. The summed E-state index contributed by atoms with van der Waals surface area (Å²) in [4.78, 5) is 49.1. The van der Waals surface area contributed by atoms with Crippen LogP contribution in [0, 0.1) is 24.2 Å². The van der Waals surface area contributed by atoms with Gasteiger partial charge < -0.3 is 15.1 Å². The van der Waals surface area contributed by atoms with Crippen molar-refractivity contribution in [2.45, 2.75) is 58.8 Å². The van der Waals surface area contributed by atoms with E-state index in [0.29, 0.717) is 37.2 Å². The fraction of sp³-hybridized carbons (Fsp3) is 0.367. The monoisotopic (exact) mass is 541 g/mol. The van der Waals surface area contributed by atoms with Gasteiger partial charge in [-0.3, -0.25) is 14.4 Å². The van der Waals surface area contributed by atoms with Gasteiger partial charge in [0, 0.05) is 25.2 Å². The van der Waals surface area contributed by atoms with E-state index in [1.165, 1.54) is 0 Å². The summed E-state index contributed by atoms with van der Waals surface area (Å²) in [7, 11) is 0. The van der Waals surface area contributed by atoms with Gasteiger partial charge in [0.2, 0.25) is 11.8 Å². The maximum absolute atomic E-state index is 13.9. The highest BCUT2D eigenvalue weighted by Gasteiger charge is 2.43. The maximum atomic E-state index is 13.9. The Hall–Kier alpha value is -4.03. The number of nitrogens with one attached hydrogen (secondary N) is 1. The number of hydrogen-bond donors (Lipinski definition) is 1. The number of carbonyl (C=O) groups is 3. The van der Waals surface area contributed by atoms with E-state index in [9.17, 15) is 19.6 Å². The second-order valence-electron chi connectivity index (χ2n) is 10.5. The van der Waals surface area contributed by atoms with Crippen LogP contribution in [0.2, 0.25) is 0 Å². The number of carbonyl (C=O) groups excluding carboxylic acids is 3. The molecule has 0 radical (unpaired) electrons. The molecular formula is C30H31N5O3S. The lowest BCUT2D eigenvalue weighted by Crippen LogP contribution is -2.55. The zero-order valence-corrected chi connectivity index (χ0v) is 23.1. The number of aromatic nitrogens is 1. The van der Waals surface area contributed by atoms with E-state index in [1.54, 1.807) is 39.3 Å². The Morgan fingerprint density at radius 3 is 2.64 bits per heavy atom. The molecule has 9 heteroatoms. The first-order chi connectivity index (χ1) is 18.8. The molecule has 3 aromatic rings. The lowest BCUT2D eigenvalue weighted by molar-refractivity contribution is -0.143. The number of nitrogens with zero attached hydrogens (tertiary/aromatic N) is 4. The van der Waals surface area contributed by atoms with Gasteiger partial charge >= 0.3 is 0 Å². The molecule has 1 aromatic heterocycles. The van der Waals surface area contributed by atoms with Gasteiger partial charge in [0.05, 0.1) is 27.7 Å². The van der Waals surface area contributed by atoms with Gasteiger partial charge in [-0.25, -0.2) is 4.98 Å². The molecule has 39 heavy (non-hydrogen) atoms. The first kappa shape index (κ1) is 26.6. The van der Waals surface area contributed by atoms with Crippen LogP contribution in [0.5, 0.6) is 0 Å². The van der Waals surface area contributed by atoms with Crippen LogP contribution in [-0.4, -0.2) is 51.1 Å². The molecule has 0 saturated carbocycles. The van der Waals surface area contributed by atoms with Gasteiger partial charge in [-0.15, -0.1) is 11.3 Å². The van der Waals surface area contributed by atoms with Crippen LogP contribution in [-0.2, 0) is 22.7 Å². The Labute approximate surface area is 232 Å². The largest absolute Gasteiger partial charge is 0.350 e. The minimum absolute atomic E-state index is 0.142. The highest BCUT2D eigenvalue weighted by molar-refractivity contribution is 7.13. The molecule has 200 valence electrons. The van der Waals surface area contributed by atoms with E-state index in [1.807, 2.05) is 50.5 Å². The van der Waals surface area contributed by atoms with Crippen molar-refractivity contribution in [2.75, 3.05) is 6.54 Å². The third kappa shape index (κ3) is 5.17. The van der Waals surface area contributed by atoms with Crippen molar-refractivity contribution in [1.82, 2.24) is 20.1 Å². The van der Waals surface area contributed by atoms with Crippen molar-refractivity contribution >= 4 is 29.1 Å². The van der Waals surface area contributed by atoms with Crippen molar-refractivity contribution in [3.8, 4) is 16.5 Å². The van der Waals surface area contributed by atoms with E-state index in [-0.39, 0.29) is 23.6 Å². The van der Waals surface area contributed by atoms with E-state index < -0.39 is 12.1 Å². The molecule has 2 aliphatic heterocycles.